The number of quaternary nitrogens is 1. The zero-order valence-corrected chi connectivity index (χ0v) is 16.5. The van der Waals surface area contributed by atoms with E-state index in [2.05, 4.69) is 16.0 Å². The molecular weight excluding hydrogens is 378 g/mol. The van der Waals surface area contributed by atoms with E-state index < -0.39 is 0 Å². The molecule has 150 valence electrons. The third-order valence-electron chi connectivity index (χ3n) is 5.46. The number of carbonyl (C=O) groups is 2. The van der Waals surface area contributed by atoms with E-state index in [9.17, 15) is 9.59 Å². The number of aromatic amines is 1. The first-order valence-corrected chi connectivity index (χ1v) is 9.75. The summed E-state index contributed by atoms with van der Waals surface area (Å²) in [6, 6.07) is 19.0. The number of rotatable bonds is 6. The van der Waals surface area contributed by atoms with Gasteiger partial charge in [-0.15, -0.1) is 0 Å². The van der Waals surface area contributed by atoms with Gasteiger partial charge < -0.3 is 9.88 Å². The summed E-state index contributed by atoms with van der Waals surface area (Å²) in [6.07, 6.45) is 3.26. The summed E-state index contributed by atoms with van der Waals surface area (Å²) in [5.41, 5.74) is 3.28. The number of nitriles is 1. The molecule has 0 radical (unpaired) electrons. The predicted octanol–water partition coefficient (Wildman–Crippen LogP) is 2.37. The van der Waals surface area contributed by atoms with Crippen molar-refractivity contribution in [2.24, 2.45) is 0 Å². The Morgan fingerprint density at radius 1 is 1.03 bits per heavy atom. The van der Waals surface area contributed by atoms with Crippen molar-refractivity contribution in [2.75, 3.05) is 13.1 Å². The van der Waals surface area contributed by atoms with Crippen LogP contribution in [0.25, 0.3) is 0 Å². The second-order valence-electron chi connectivity index (χ2n) is 7.63. The van der Waals surface area contributed by atoms with Gasteiger partial charge in [-0.2, -0.15) is 5.26 Å². The highest BCUT2D eigenvalue weighted by Crippen LogP contribution is 2.25. The van der Waals surface area contributed by atoms with E-state index in [1.54, 1.807) is 29.6 Å². The number of hydrogen-bond acceptors (Lipinski definition) is 4. The van der Waals surface area contributed by atoms with Crippen LogP contribution in [0, 0.1) is 11.3 Å². The van der Waals surface area contributed by atoms with Crippen molar-refractivity contribution < 1.29 is 14.1 Å². The molecule has 1 N–H and O–H groups in total. The quantitative estimate of drug-likeness (QED) is 0.643. The first-order chi connectivity index (χ1) is 14.6. The number of nitrogens with zero attached hydrogens (tertiary/aromatic N) is 4. The van der Waals surface area contributed by atoms with Crippen molar-refractivity contribution in [3.8, 4) is 6.07 Å². The van der Waals surface area contributed by atoms with E-state index in [0.717, 1.165) is 16.8 Å². The van der Waals surface area contributed by atoms with Crippen molar-refractivity contribution in [1.82, 2.24) is 14.9 Å². The molecule has 7 nitrogen and oxygen atoms in total. The Hall–Kier alpha value is -3.76. The average Bonchev–Trinajstić information content (AvgIpc) is 3.26. The van der Waals surface area contributed by atoms with E-state index in [0.29, 0.717) is 25.2 Å². The second kappa shape index (κ2) is 8.31. The van der Waals surface area contributed by atoms with Crippen LogP contribution < -0.4 is 0 Å². The molecule has 2 aromatic carbocycles. The molecule has 1 saturated heterocycles. The summed E-state index contributed by atoms with van der Waals surface area (Å²) < 4.78 is -0.00177. The fourth-order valence-electron chi connectivity index (χ4n) is 3.87. The van der Waals surface area contributed by atoms with Gasteiger partial charge in [-0.1, -0.05) is 42.5 Å². The summed E-state index contributed by atoms with van der Waals surface area (Å²) in [7, 11) is 0. The van der Waals surface area contributed by atoms with Crippen LogP contribution in [0.5, 0.6) is 0 Å². The van der Waals surface area contributed by atoms with Gasteiger partial charge in [0.05, 0.1) is 29.9 Å². The average molecular weight is 400 g/mol. The Labute approximate surface area is 174 Å². The van der Waals surface area contributed by atoms with Crippen molar-refractivity contribution in [3.63, 3.8) is 0 Å². The van der Waals surface area contributed by atoms with E-state index in [4.69, 9.17) is 5.26 Å². The number of imidazole rings is 1. The van der Waals surface area contributed by atoms with Gasteiger partial charge in [0.2, 0.25) is 0 Å². The minimum absolute atomic E-state index is 0.00177. The number of benzene rings is 2. The Morgan fingerprint density at radius 2 is 1.80 bits per heavy atom. The Balaban J connectivity index is 1.60. The van der Waals surface area contributed by atoms with Crippen molar-refractivity contribution in [3.05, 3.63) is 89.5 Å². The summed E-state index contributed by atoms with van der Waals surface area (Å²) in [5.74, 6) is -0.0592. The van der Waals surface area contributed by atoms with Gasteiger partial charge in [-0.25, -0.2) is 14.3 Å². The number of piperazine rings is 1. The van der Waals surface area contributed by atoms with Crippen LogP contribution in [0.1, 0.15) is 22.4 Å². The molecule has 4 rings (SSSR count). The lowest BCUT2D eigenvalue weighted by Gasteiger charge is -2.41. The SMILES string of the molecule is N#Cc1ccc(C[N+]2(Cc3cnc[nH]3)CC(=O)N(Cc3ccccc3)CC2=O)cc1. The molecule has 0 spiro atoms. The smallest absolute Gasteiger partial charge is 0.334 e. The minimum Gasteiger partial charge on any atom is -0.344 e. The largest absolute Gasteiger partial charge is 0.344 e. The molecule has 3 aromatic rings. The van der Waals surface area contributed by atoms with E-state index >= 15 is 0 Å². The predicted molar refractivity (Wildman–Crippen MR) is 109 cm³/mol. The first kappa shape index (κ1) is 19.6. The molecular formula is C23H22N5O2+. The third-order valence-corrected chi connectivity index (χ3v) is 5.46. The molecule has 0 aliphatic carbocycles. The zero-order chi connectivity index (χ0) is 21.0. The van der Waals surface area contributed by atoms with Crippen molar-refractivity contribution in [1.29, 1.82) is 5.26 Å². The molecule has 2 amide bonds. The lowest BCUT2D eigenvalue weighted by molar-refractivity contribution is -0.876. The van der Waals surface area contributed by atoms with Crippen LogP contribution in [-0.2, 0) is 29.2 Å². The van der Waals surface area contributed by atoms with Crippen molar-refractivity contribution in [2.45, 2.75) is 19.6 Å². The molecule has 1 aliphatic rings. The van der Waals surface area contributed by atoms with E-state index in [1.807, 2.05) is 42.5 Å². The maximum atomic E-state index is 13.4. The van der Waals surface area contributed by atoms with Gasteiger partial charge in [0.1, 0.15) is 19.6 Å². The normalized spacial score (nSPS) is 19.0. The molecule has 30 heavy (non-hydrogen) atoms. The summed E-state index contributed by atoms with van der Waals surface area (Å²) >= 11 is 0. The van der Waals surface area contributed by atoms with Crippen LogP contribution in [0.15, 0.2) is 67.1 Å². The highest BCUT2D eigenvalue weighted by Gasteiger charge is 2.46. The lowest BCUT2D eigenvalue weighted by Crippen LogP contribution is -2.64. The van der Waals surface area contributed by atoms with Gasteiger partial charge in [-0.3, -0.25) is 4.79 Å². The topological polar surface area (TPSA) is 89.8 Å². The molecule has 1 fully saturated rings. The fourth-order valence-corrected chi connectivity index (χ4v) is 3.87. The monoisotopic (exact) mass is 400 g/mol. The van der Waals surface area contributed by atoms with Gasteiger partial charge >= 0.3 is 5.91 Å². The molecule has 1 aromatic heterocycles. The van der Waals surface area contributed by atoms with Gasteiger partial charge in [-0.05, 0) is 17.7 Å². The second-order valence-corrected chi connectivity index (χ2v) is 7.63. The van der Waals surface area contributed by atoms with E-state index in [1.165, 1.54) is 0 Å². The summed E-state index contributed by atoms with van der Waals surface area (Å²) in [6.45, 7) is 1.33. The molecule has 1 unspecified atom stereocenters. The molecule has 7 heteroatoms. The Bertz CT molecular complexity index is 1070. The van der Waals surface area contributed by atoms with Crippen LogP contribution in [0.2, 0.25) is 0 Å². The molecule has 1 aliphatic heterocycles. The third kappa shape index (κ3) is 4.14. The van der Waals surface area contributed by atoms with Crippen molar-refractivity contribution >= 4 is 11.8 Å². The Kier molecular flexibility index (Phi) is 5.42. The van der Waals surface area contributed by atoms with Crippen LogP contribution in [-0.4, -0.2) is 44.3 Å². The lowest BCUT2D eigenvalue weighted by atomic mass is 10.1. The summed E-state index contributed by atoms with van der Waals surface area (Å²) in [5, 5.41) is 9.03. The summed E-state index contributed by atoms with van der Waals surface area (Å²) in [4.78, 5) is 35.2. The van der Waals surface area contributed by atoms with Gasteiger partial charge in [0, 0.05) is 12.1 Å². The molecule has 1 atom stereocenters. The zero-order valence-electron chi connectivity index (χ0n) is 16.5. The number of nitrogens with one attached hydrogen (secondary N) is 1. The number of amides is 2. The van der Waals surface area contributed by atoms with Crippen LogP contribution >= 0.6 is 0 Å². The number of H-pyrrole nitrogens is 1. The molecule has 2 heterocycles. The number of aromatic nitrogens is 2. The van der Waals surface area contributed by atoms with Crippen LogP contribution in [0.4, 0.5) is 0 Å². The maximum Gasteiger partial charge on any atom is 0.334 e. The standard InChI is InChI=1S/C23H22N5O2/c24-10-18-6-8-20(9-7-18)14-28(15-21-11-25-17-26-21)16-22(29)27(13-23(28)30)12-19-4-2-1-3-5-19/h1-9,11,17H,12-16H2,(H,25,26)/q+1. The maximum absolute atomic E-state index is 13.4. The highest BCUT2D eigenvalue weighted by molar-refractivity contribution is 5.87. The Morgan fingerprint density at radius 3 is 2.47 bits per heavy atom. The number of carbonyl (C=O) groups excluding carboxylic acids is 2. The molecule has 0 saturated carbocycles. The minimum atomic E-state index is -0.0494. The first-order valence-electron chi connectivity index (χ1n) is 9.75. The van der Waals surface area contributed by atoms with Gasteiger partial charge in [0.15, 0.2) is 6.54 Å². The highest BCUT2D eigenvalue weighted by atomic mass is 16.2. The fraction of sp³-hybridized carbons (Fsp3) is 0.217. The molecule has 0 bridgehead atoms. The number of hydrogen-bond donors (Lipinski definition) is 1. The van der Waals surface area contributed by atoms with Gasteiger partial charge in [0.25, 0.3) is 5.91 Å². The van der Waals surface area contributed by atoms with E-state index in [-0.39, 0.29) is 29.4 Å². The van der Waals surface area contributed by atoms with Crippen LogP contribution in [0.3, 0.4) is 0 Å².